The molecule has 0 aliphatic heterocycles. The third-order valence-corrected chi connectivity index (χ3v) is 3.82. The lowest BCUT2D eigenvalue weighted by Gasteiger charge is -2.21. The van der Waals surface area contributed by atoms with E-state index in [1.54, 1.807) is 20.3 Å². The number of rotatable bonds is 5. The number of methoxy groups -OCH3 is 2. The molecule has 128 valence electrons. The summed E-state index contributed by atoms with van der Waals surface area (Å²) in [6.45, 7) is 6.11. The Morgan fingerprint density at radius 1 is 1.26 bits per heavy atom. The minimum Gasteiger partial charge on any atom is -0.493 e. The molecule has 1 aromatic rings. The zero-order valence-corrected chi connectivity index (χ0v) is 14.4. The number of carbonyl (C=O) groups is 1. The predicted molar refractivity (Wildman–Crippen MR) is 89.3 cm³/mol. The topological polar surface area (TPSA) is 82.8 Å². The number of amides is 1. The Bertz CT molecular complexity index is 581. The lowest BCUT2D eigenvalue weighted by atomic mass is 10.1. The molecule has 0 unspecified atom stereocenters. The molecule has 0 radical (unpaired) electrons. The van der Waals surface area contributed by atoms with Crippen molar-refractivity contribution in [1.29, 1.82) is 0 Å². The number of anilines is 1. The average molecular weight is 322 g/mol. The predicted octanol–water partition coefficient (Wildman–Crippen LogP) is 3.11. The second-order valence-electron chi connectivity index (χ2n) is 6.76. The van der Waals surface area contributed by atoms with Gasteiger partial charge in [0.2, 0.25) is 0 Å². The van der Waals surface area contributed by atoms with E-state index in [0.717, 1.165) is 12.0 Å². The van der Waals surface area contributed by atoms with Crippen molar-refractivity contribution in [1.82, 2.24) is 0 Å². The van der Waals surface area contributed by atoms with E-state index in [9.17, 15) is 4.79 Å². The molecule has 1 aliphatic rings. The Balaban J connectivity index is 2.30. The molecule has 0 spiro atoms. The highest BCUT2D eigenvalue weighted by atomic mass is 16.6. The van der Waals surface area contributed by atoms with Crippen molar-refractivity contribution < 1.29 is 19.0 Å². The normalized spacial score (nSPS) is 19.9. The van der Waals surface area contributed by atoms with Crippen molar-refractivity contribution in [2.75, 3.05) is 26.1 Å². The highest BCUT2D eigenvalue weighted by Gasteiger charge is 2.39. The molecule has 6 heteroatoms. The van der Waals surface area contributed by atoms with E-state index >= 15 is 0 Å². The summed E-state index contributed by atoms with van der Waals surface area (Å²) in [7, 11) is 3.16. The van der Waals surface area contributed by atoms with Gasteiger partial charge in [-0.1, -0.05) is 0 Å². The molecule has 2 rings (SSSR count). The standard InChI is InChI=1S/C17H26N2O4/c1-17(2,3)23-16(20)19-13-8-15(22-5)14(21-4)7-12(13)11-6-10(11)9-18/h7-8,10-11H,6,9,18H2,1-5H3,(H,19,20)/t10-,11+/m0/s1. The summed E-state index contributed by atoms with van der Waals surface area (Å²) in [5, 5.41) is 2.82. The van der Waals surface area contributed by atoms with Gasteiger partial charge in [-0.05, 0) is 57.2 Å². The van der Waals surface area contributed by atoms with Crippen LogP contribution in [0.4, 0.5) is 10.5 Å². The van der Waals surface area contributed by atoms with Crippen LogP contribution in [0.5, 0.6) is 11.5 Å². The monoisotopic (exact) mass is 322 g/mol. The molecule has 0 heterocycles. The van der Waals surface area contributed by atoms with Crippen molar-refractivity contribution in [3.63, 3.8) is 0 Å². The van der Waals surface area contributed by atoms with Gasteiger partial charge in [-0.2, -0.15) is 0 Å². The molecule has 0 bridgehead atoms. The van der Waals surface area contributed by atoms with E-state index in [-0.39, 0.29) is 0 Å². The Kier molecular flexibility index (Phi) is 5.04. The Morgan fingerprint density at radius 2 is 1.87 bits per heavy atom. The summed E-state index contributed by atoms with van der Waals surface area (Å²) in [4.78, 5) is 12.1. The summed E-state index contributed by atoms with van der Waals surface area (Å²) in [5.74, 6) is 1.96. The second kappa shape index (κ2) is 6.66. The third-order valence-electron chi connectivity index (χ3n) is 3.82. The summed E-state index contributed by atoms with van der Waals surface area (Å²) in [6.07, 6.45) is 0.519. The van der Waals surface area contributed by atoms with Crippen LogP contribution in [0.1, 0.15) is 38.7 Å². The smallest absolute Gasteiger partial charge is 0.412 e. The van der Waals surface area contributed by atoms with Gasteiger partial charge >= 0.3 is 6.09 Å². The summed E-state index contributed by atoms with van der Waals surface area (Å²) < 4.78 is 16.0. The molecule has 1 amide bonds. The van der Waals surface area contributed by atoms with Crippen LogP contribution in [0.2, 0.25) is 0 Å². The van der Waals surface area contributed by atoms with E-state index in [2.05, 4.69) is 5.32 Å². The number of nitrogens with one attached hydrogen (secondary N) is 1. The maximum atomic E-state index is 12.1. The first-order valence-corrected chi connectivity index (χ1v) is 7.75. The summed E-state index contributed by atoms with van der Waals surface area (Å²) >= 11 is 0. The van der Waals surface area contributed by atoms with Gasteiger partial charge in [0.05, 0.1) is 19.9 Å². The molecule has 1 fully saturated rings. The van der Waals surface area contributed by atoms with Gasteiger partial charge in [0.25, 0.3) is 0 Å². The lowest BCUT2D eigenvalue weighted by molar-refractivity contribution is 0.0635. The number of benzene rings is 1. The summed E-state index contributed by atoms with van der Waals surface area (Å²) in [5.41, 5.74) is 6.88. The van der Waals surface area contributed by atoms with Crippen molar-refractivity contribution in [3.8, 4) is 11.5 Å². The number of carbonyl (C=O) groups excluding carboxylic acids is 1. The largest absolute Gasteiger partial charge is 0.493 e. The van der Waals surface area contributed by atoms with Gasteiger partial charge in [-0.15, -0.1) is 0 Å². The fraction of sp³-hybridized carbons (Fsp3) is 0.588. The van der Waals surface area contributed by atoms with Gasteiger partial charge in [-0.3, -0.25) is 5.32 Å². The van der Waals surface area contributed by atoms with Crippen molar-refractivity contribution >= 4 is 11.8 Å². The fourth-order valence-electron chi connectivity index (χ4n) is 2.61. The van der Waals surface area contributed by atoms with Gasteiger partial charge in [0.1, 0.15) is 5.60 Å². The van der Waals surface area contributed by atoms with Crippen LogP contribution in [0, 0.1) is 5.92 Å². The minimum absolute atomic E-state index is 0.324. The van der Waals surface area contributed by atoms with E-state index in [1.165, 1.54) is 0 Å². The van der Waals surface area contributed by atoms with Crippen LogP contribution in [0.15, 0.2) is 12.1 Å². The van der Waals surface area contributed by atoms with Crippen molar-refractivity contribution in [3.05, 3.63) is 17.7 Å². The highest BCUT2D eigenvalue weighted by molar-refractivity contribution is 5.87. The van der Waals surface area contributed by atoms with E-state index in [1.807, 2.05) is 26.8 Å². The van der Waals surface area contributed by atoms with Crippen molar-refractivity contribution in [2.45, 2.75) is 38.7 Å². The van der Waals surface area contributed by atoms with Crippen LogP contribution >= 0.6 is 0 Å². The highest BCUT2D eigenvalue weighted by Crippen LogP contribution is 2.51. The van der Waals surface area contributed by atoms with Crippen LogP contribution in [-0.2, 0) is 4.74 Å². The summed E-state index contributed by atoms with van der Waals surface area (Å²) in [6, 6.07) is 3.68. The van der Waals surface area contributed by atoms with Crippen LogP contribution in [0.3, 0.4) is 0 Å². The minimum atomic E-state index is -0.555. The first-order chi connectivity index (χ1) is 10.8. The molecule has 1 aromatic carbocycles. The van der Waals surface area contributed by atoms with Gasteiger partial charge in [0.15, 0.2) is 11.5 Å². The first kappa shape index (κ1) is 17.4. The molecule has 23 heavy (non-hydrogen) atoms. The number of nitrogens with two attached hydrogens (primary N) is 1. The molecule has 0 saturated heterocycles. The van der Waals surface area contributed by atoms with Crippen LogP contribution in [-0.4, -0.2) is 32.5 Å². The molecule has 1 aliphatic carbocycles. The average Bonchev–Trinajstić information content (AvgIpc) is 3.24. The Hall–Kier alpha value is -1.95. The number of hydrogen-bond donors (Lipinski definition) is 2. The van der Waals surface area contributed by atoms with E-state index in [4.69, 9.17) is 19.9 Å². The number of ether oxygens (including phenoxy) is 3. The maximum Gasteiger partial charge on any atom is 0.412 e. The first-order valence-electron chi connectivity index (χ1n) is 7.75. The van der Waals surface area contributed by atoms with Gasteiger partial charge < -0.3 is 19.9 Å². The number of hydrogen-bond acceptors (Lipinski definition) is 5. The third kappa shape index (κ3) is 4.28. The quantitative estimate of drug-likeness (QED) is 0.870. The molecule has 6 nitrogen and oxygen atoms in total. The van der Waals surface area contributed by atoms with Crippen molar-refractivity contribution in [2.24, 2.45) is 11.7 Å². The second-order valence-corrected chi connectivity index (χ2v) is 6.76. The molecule has 0 aromatic heterocycles. The maximum absolute atomic E-state index is 12.1. The Morgan fingerprint density at radius 3 is 2.35 bits per heavy atom. The molecule has 3 N–H and O–H groups in total. The van der Waals surface area contributed by atoms with Gasteiger partial charge in [-0.25, -0.2) is 4.79 Å². The Labute approximate surface area is 137 Å². The fourth-order valence-corrected chi connectivity index (χ4v) is 2.61. The molecular weight excluding hydrogens is 296 g/mol. The zero-order chi connectivity index (χ0) is 17.2. The molecular formula is C17H26N2O4. The molecule has 2 atom stereocenters. The zero-order valence-electron chi connectivity index (χ0n) is 14.4. The van der Waals surface area contributed by atoms with Gasteiger partial charge in [0, 0.05) is 6.07 Å². The van der Waals surface area contributed by atoms with E-state index in [0.29, 0.717) is 35.6 Å². The lowest BCUT2D eigenvalue weighted by Crippen LogP contribution is -2.27. The molecule has 1 saturated carbocycles. The SMILES string of the molecule is COc1cc(NC(=O)OC(C)(C)C)c([C@@H]2C[C@H]2CN)cc1OC. The van der Waals surface area contributed by atoms with Crippen LogP contribution < -0.4 is 20.5 Å². The van der Waals surface area contributed by atoms with E-state index < -0.39 is 11.7 Å². The van der Waals surface area contributed by atoms with Crippen LogP contribution in [0.25, 0.3) is 0 Å².